The van der Waals surface area contributed by atoms with Crippen LogP contribution in [0.25, 0.3) is 10.9 Å². The largest absolute Gasteiger partial charge is 0.395 e. The summed E-state index contributed by atoms with van der Waals surface area (Å²) in [5.74, 6) is 0.943. The predicted octanol–water partition coefficient (Wildman–Crippen LogP) is 2.75. The van der Waals surface area contributed by atoms with Crippen molar-refractivity contribution in [1.82, 2.24) is 25.3 Å². The Morgan fingerprint density at radius 1 is 1.08 bits per heavy atom. The zero-order valence-corrected chi connectivity index (χ0v) is 20.6. The Morgan fingerprint density at radius 2 is 1.86 bits per heavy atom. The van der Waals surface area contributed by atoms with Crippen molar-refractivity contribution in [2.75, 3.05) is 37.0 Å². The Balaban J connectivity index is 1.08. The van der Waals surface area contributed by atoms with Crippen LogP contribution >= 0.6 is 11.6 Å². The van der Waals surface area contributed by atoms with Crippen molar-refractivity contribution in [3.63, 3.8) is 0 Å². The third-order valence-corrected chi connectivity index (χ3v) is 7.15. The van der Waals surface area contributed by atoms with Gasteiger partial charge in [0, 0.05) is 42.1 Å². The van der Waals surface area contributed by atoms with Gasteiger partial charge in [0.25, 0.3) is 0 Å². The maximum absolute atomic E-state index is 12.4. The van der Waals surface area contributed by atoms with Gasteiger partial charge in [-0.25, -0.2) is 19.9 Å². The van der Waals surface area contributed by atoms with Crippen molar-refractivity contribution in [3.8, 4) is 0 Å². The zero-order chi connectivity index (χ0) is 24.9. The summed E-state index contributed by atoms with van der Waals surface area (Å²) < 4.78 is 5.07. The Hall–Kier alpha value is -3.08. The van der Waals surface area contributed by atoms with Crippen molar-refractivity contribution < 1.29 is 14.6 Å². The SMILES string of the molecule is O=C(NC1COC1)C(CO)c1cnc(NCC2CCC(Nc3ccc4ccnc(Cl)c4n3)CC2)nc1. The summed E-state index contributed by atoms with van der Waals surface area (Å²) in [4.78, 5) is 29.9. The first-order valence-corrected chi connectivity index (χ1v) is 12.7. The molecule has 190 valence electrons. The molecule has 3 aromatic heterocycles. The van der Waals surface area contributed by atoms with Gasteiger partial charge in [0.1, 0.15) is 11.3 Å². The number of rotatable bonds is 9. The first-order valence-electron chi connectivity index (χ1n) is 12.3. The van der Waals surface area contributed by atoms with Gasteiger partial charge in [-0.3, -0.25) is 4.79 Å². The molecule has 1 saturated carbocycles. The van der Waals surface area contributed by atoms with Gasteiger partial charge >= 0.3 is 0 Å². The smallest absolute Gasteiger partial charge is 0.230 e. The molecule has 2 aliphatic rings. The number of carbonyl (C=O) groups excluding carboxylic acids is 1. The second kappa shape index (κ2) is 11.3. The summed E-state index contributed by atoms with van der Waals surface area (Å²) in [7, 11) is 0. The highest BCUT2D eigenvalue weighted by atomic mass is 35.5. The number of pyridine rings is 2. The molecule has 1 amide bonds. The minimum atomic E-state index is -0.688. The van der Waals surface area contributed by atoms with Crippen molar-refractivity contribution in [2.45, 2.75) is 43.7 Å². The van der Waals surface area contributed by atoms with Crippen molar-refractivity contribution in [1.29, 1.82) is 0 Å². The number of anilines is 2. The third kappa shape index (κ3) is 5.83. The summed E-state index contributed by atoms with van der Waals surface area (Å²) in [5, 5.41) is 20.8. The average Bonchev–Trinajstić information content (AvgIpc) is 2.87. The van der Waals surface area contributed by atoms with Crippen LogP contribution in [-0.2, 0) is 9.53 Å². The van der Waals surface area contributed by atoms with E-state index in [4.69, 9.17) is 16.3 Å². The standard InChI is InChI=1S/C25H30ClN7O3/c26-23-22-16(7-8-27-23)3-6-21(33-22)31-18-4-1-15(2-5-18)9-28-25-29-10-17(11-30-25)20(12-34)24(35)32-19-13-36-14-19/h3,6-8,10-11,15,18-20,34H,1-2,4-5,9,12-14H2,(H,31,33)(H,32,35)(H,28,29,30). The summed E-state index contributed by atoms with van der Waals surface area (Å²) in [6.45, 7) is 1.50. The van der Waals surface area contributed by atoms with Gasteiger partial charge in [-0.15, -0.1) is 0 Å². The molecule has 2 fully saturated rings. The van der Waals surface area contributed by atoms with Crippen molar-refractivity contribution in [2.24, 2.45) is 5.92 Å². The molecule has 11 heteroatoms. The van der Waals surface area contributed by atoms with Gasteiger partial charge in [0.2, 0.25) is 11.9 Å². The number of carbonyl (C=O) groups is 1. The Labute approximate surface area is 214 Å². The Morgan fingerprint density at radius 3 is 2.56 bits per heavy atom. The molecule has 1 saturated heterocycles. The minimum absolute atomic E-state index is 0.0123. The first kappa shape index (κ1) is 24.6. The number of nitrogens with one attached hydrogen (secondary N) is 3. The van der Waals surface area contributed by atoms with E-state index in [-0.39, 0.29) is 18.6 Å². The lowest BCUT2D eigenvalue weighted by Gasteiger charge is -2.29. The number of hydrogen-bond acceptors (Lipinski definition) is 9. The van der Waals surface area contributed by atoms with Crippen LogP contribution in [0.4, 0.5) is 11.8 Å². The molecule has 1 atom stereocenters. The Kier molecular flexibility index (Phi) is 7.74. The molecule has 5 rings (SSSR count). The van der Waals surface area contributed by atoms with E-state index in [0.717, 1.165) is 43.4 Å². The molecule has 0 aromatic carbocycles. The van der Waals surface area contributed by atoms with Gasteiger partial charge in [-0.2, -0.15) is 0 Å². The summed E-state index contributed by atoms with van der Waals surface area (Å²) in [6, 6.07) is 6.28. The van der Waals surface area contributed by atoms with Crippen LogP contribution in [0.15, 0.2) is 36.8 Å². The number of halogens is 1. The van der Waals surface area contributed by atoms with Crippen LogP contribution in [0.2, 0.25) is 5.15 Å². The molecule has 10 nitrogen and oxygen atoms in total. The lowest BCUT2D eigenvalue weighted by atomic mass is 9.86. The number of aromatic nitrogens is 4. The van der Waals surface area contributed by atoms with E-state index in [1.54, 1.807) is 18.6 Å². The van der Waals surface area contributed by atoms with Gasteiger partial charge in [-0.05, 0) is 49.8 Å². The Bertz CT molecular complexity index is 1180. The minimum Gasteiger partial charge on any atom is -0.395 e. The van der Waals surface area contributed by atoms with E-state index in [0.29, 0.717) is 47.4 Å². The predicted molar refractivity (Wildman–Crippen MR) is 137 cm³/mol. The van der Waals surface area contributed by atoms with Crippen LogP contribution in [0.5, 0.6) is 0 Å². The zero-order valence-electron chi connectivity index (χ0n) is 19.9. The molecule has 1 aliphatic heterocycles. The molecule has 4 heterocycles. The van der Waals surface area contributed by atoms with E-state index in [2.05, 4.69) is 35.9 Å². The molecular weight excluding hydrogens is 482 g/mol. The lowest BCUT2D eigenvalue weighted by molar-refractivity contribution is -0.127. The van der Waals surface area contributed by atoms with E-state index >= 15 is 0 Å². The van der Waals surface area contributed by atoms with Crippen molar-refractivity contribution >= 4 is 40.2 Å². The molecule has 4 N–H and O–H groups in total. The topological polar surface area (TPSA) is 134 Å². The van der Waals surface area contributed by atoms with Crippen LogP contribution in [0, 0.1) is 5.92 Å². The number of hydrogen-bond donors (Lipinski definition) is 4. The molecule has 3 aromatic rings. The quantitative estimate of drug-likeness (QED) is 0.320. The van der Waals surface area contributed by atoms with Crippen LogP contribution in [0.1, 0.15) is 37.2 Å². The number of amides is 1. The van der Waals surface area contributed by atoms with Gasteiger partial charge in [0.15, 0.2) is 5.15 Å². The van der Waals surface area contributed by atoms with Crippen LogP contribution in [-0.4, -0.2) is 69.4 Å². The average molecular weight is 512 g/mol. The van der Waals surface area contributed by atoms with Crippen molar-refractivity contribution in [3.05, 3.63) is 47.5 Å². The summed E-state index contributed by atoms with van der Waals surface area (Å²) in [5.41, 5.74) is 1.30. The maximum atomic E-state index is 12.4. The van der Waals surface area contributed by atoms with Crippen LogP contribution in [0.3, 0.4) is 0 Å². The second-order valence-electron chi connectivity index (χ2n) is 9.43. The van der Waals surface area contributed by atoms with E-state index in [9.17, 15) is 9.90 Å². The van der Waals surface area contributed by atoms with Gasteiger partial charge < -0.3 is 25.8 Å². The number of aliphatic hydroxyl groups is 1. The number of aliphatic hydroxyl groups excluding tert-OH is 1. The highest BCUT2D eigenvalue weighted by Gasteiger charge is 2.27. The van der Waals surface area contributed by atoms with E-state index in [1.165, 1.54) is 0 Å². The molecule has 0 spiro atoms. The molecule has 36 heavy (non-hydrogen) atoms. The third-order valence-electron chi connectivity index (χ3n) is 6.87. The van der Waals surface area contributed by atoms with Crippen LogP contribution < -0.4 is 16.0 Å². The molecular formula is C25H30ClN7O3. The normalized spacial score (nSPS) is 20.9. The maximum Gasteiger partial charge on any atom is 0.230 e. The molecule has 1 aliphatic carbocycles. The molecule has 0 radical (unpaired) electrons. The van der Waals surface area contributed by atoms with Gasteiger partial charge in [-0.1, -0.05) is 11.6 Å². The lowest BCUT2D eigenvalue weighted by Crippen LogP contribution is -2.50. The highest BCUT2D eigenvalue weighted by Crippen LogP contribution is 2.28. The fraction of sp³-hybridized carbons (Fsp3) is 0.480. The number of fused-ring (bicyclic) bond motifs is 1. The summed E-state index contributed by atoms with van der Waals surface area (Å²) >= 11 is 6.20. The fourth-order valence-corrected chi connectivity index (χ4v) is 4.83. The number of ether oxygens (including phenoxy) is 1. The second-order valence-corrected chi connectivity index (χ2v) is 9.79. The summed E-state index contributed by atoms with van der Waals surface area (Å²) in [6.07, 6.45) is 9.15. The number of nitrogens with zero attached hydrogens (tertiary/aromatic N) is 4. The first-order chi connectivity index (χ1) is 17.6. The molecule has 1 unspecified atom stereocenters. The molecule has 0 bridgehead atoms. The monoisotopic (exact) mass is 511 g/mol. The van der Waals surface area contributed by atoms with E-state index < -0.39 is 5.92 Å². The fourth-order valence-electron chi connectivity index (χ4n) is 4.62. The van der Waals surface area contributed by atoms with E-state index in [1.807, 2.05) is 18.2 Å². The highest BCUT2D eigenvalue weighted by molar-refractivity contribution is 6.33. The van der Waals surface area contributed by atoms with Gasteiger partial charge in [0.05, 0.1) is 31.8 Å².